The van der Waals surface area contributed by atoms with Gasteiger partial charge in [0.25, 0.3) is 5.88 Å². The van der Waals surface area contributed by atoms with E-state index in [1.165, 1.54) is 6.20 Å². The van der Waals surface area contributed by atoms with Crippen LogP contribution in [0.5, 0.6) is 5.88 Å². The number of rotatable bonds is 4. The first-order chi connectivity index (χ1) is 7.83. The Kier molecular flexibility index (Phi) is 3.32. The lowest BCUT2D eigenvalue weighted by Crippen LogP contribution is -2.39. The van der Waals surface area contributed by atoms with Gasteiger partial charge in [0.15, 0.2) is 0 Å². The average Bonchev–Trinajstić information content (AvgIpc) is 2.27. The van der Waals surface area contributed by atoms with Gasteiger partial charge in [0.05, 0.1) is 6.20 Å². The molecule has 0 spiro atoms. The highest BCUT2D eigenvalue weighted by atomic mass is 16.5. The molecule has 0 unspecified atom stereocenters. The van der Waals surface area contributed by atoms with E-state index in [-0.39, 0.29) is 6.10 Å². The van der Waals surface area contributed by atoms with Crippen LogP contribution in [-0.4, -0.2) is 29.9 Å². The summed E-state index contributed by atoms with van der Waals surface area (Å²) in [5, 5.41) is 19.5. The van der Waals surface area contributed by atoms with Gasteiger partial charge >= 0.3 is 0 Å². The molecular formula is C11H14N4O. The number of nitrogens with one attached hydrogen (secondary N) is 1. The minimum absolute atomic E-state index is 0.183. The summed E-state index contributed by atoms with van der Waals surface area (Å²) in [4.78, 5) is 0. The van der Waals surface area contributed by atoms with Gasteiger partial charge in [0, 0.05) is 0 Å². The van der Waals surface area contributed by atoms with Crippen molar-refractivity contribution in [2.45, 2.75) is 18.9 Å². The Balaban J connectivity index is 1.89. The Morgan fingerprint density at radius 3 is 3.12 bits per heavy atom. The van der Waals surface area contributed by atoms with Crippen LogP contribution in [0, 0.1) is 17.2 Å². The van der Waals surface area contributed by atoms with Gasteiger partial charge in [-0.3, -0.25) is 0 Å². The van der Waals surface area contributed by atoms with Crippen molar-refractivity contribution in [3.63, 3.8) is 0 Å². The monoisotopic (exact) mass is 218 g/mol. The Bertz CT molecular complexity index is 395. The van der Waals surface area contributed by atoms with Crippen molar-refractivity contribution in [1.82, 2.24) is 15.5 Å². The minimum Gasteiger partial charge on any atom is -0.472 e. The molecular weight excluding hydrogens is 204 g/mol. The minimum atomic E-state index is 0.183. The summed E-state index contributed by atoms with van der Waals surface area (Å²) in [5.74, 6) is 1.04. The van der Waals surface area contributed by atoms with E-state index in [0.717, 1.165) is 19.4 Å². The standard InChI is InChI=1S/C11H14N4O/c1-13-7-8-4-10(5-8)16-11-9(6-12)2-3-14-15-11/h2-3,8,10,13H,4-5,7H2,1H3. The molecule has 0 aliphatic heterocycles. The summed E-state index contributed by atoms with van der Waals surface area (Å²) in [7, 11) is 1.95. The molecule has 2 rings (SSSR count). The van der Waals surface area contributed by atoms with Gasteiger partial charge in [-0.1, -0.05) is 0 Å². The summed E-state index contributed by atoms with van der Waals surface area (Å²) in [6.07, 6.45) is 3.71. The van der Waals surface area contributed by atoms with Crippen LogP contribution >= 0.6 is 0 Å². The smallest absolute Gasteiger partial charge is 0.251 e. The number of hydrogen-bond donors (Lipinski definition) is 1. The van der Waals surface area contributed by atoms with Crippen molar-refractivity contribution in [3.05, 3.63) is 17.8 Å². The molecule has 1 N–H and O–H groups in total. The van der Waals surface area contributed by atoms with Gasteiger partial charge in [-0.15, -0.1) is 5.10 Å². The van der Waals surface area contributed by atoms with E-state index in [0.29, 0.717) is 17.4 Å². The molecule has 84 valence electrons. The molecule has 5 nitrogen and oxygen atoms in total. The Morgan fingerprint density at radius 1 is 1.62 bits per heavy atom. The maximum Gasteiger partial charge on any atom is 0.251 e. The van der Waals surface area contributed by atoms with Crippen LogP contribution in [0.2, 0.25) is 0 Å². The Morgan fingerprint density at radius 2 is 2.44 bits per heavy atom. The Hall–Kier alpha value is -1.67. The van der Waals surface area contributed by atoms with Crippen LogP contribution in [0.3, 0.4) is 0 Å². The van der Waals surface area contributed by atoms with Gasteiger partial charge in [0.2, 0.25) is 0 Å². The quantitative estimate of drug-likeness (QED) is 0.806. The summed E-state index contributed by atoms with van der Waals surface area (Å²) in [5.41, 5.74) is 0.451. The number of nitrogens with zero attached hydrogens (tertiary/aromatic N) is 3. The van der Waals surface area contributed by atoms with Crippen molar-refractivity contribution in [1.29, 1.82) is 5.26 Å². The molecule has 1 aliphatic rings. The van der Waals surface area contributed by atoms with E-state index in [1.807, 2.05) is 13.1 Å². The fraction of sp³-hybridized carbons (Fsp3) is 0.545. The first-order valence-electron chi connectivity index (χ1n) is 5.36. The normalized spacial score (nSPS) is 23.2. The van der Waals surface area contributed by atoms with Gasteiger partial charge < -0.3 is 10.1 Å². The third-order valence-corrected chi connectivity index (χ3v) is 2.77. The van der Waals surface area contributed by atoms with E-state index in [9.17, 15) is 0 Å². The van der Waals surface area contributed by atoms with Crippen molar-refractivity contribution in [2.24, 2.45) is 5.92 Å². The van der Waals surface area contributed by atoms with E-state index in [4.69, 9.17) is 10.00 Å². The van der Waals surface area contributed by atoms with Crippen LogP contribution < -0.4 is 10.1 Å². The largest absolute Gasteiger partial charge is 0.472 e. The van der Waals surface area contributed by atoms with Crippen molar-refractivity contribution >= 4 is 0 Å². The molecule has 1 saturated carbocycles. The Labute approximate surface area is 94.4 Å². The highest BCUT2D eigenvalue weighted by molar-refractivity contribution is 5.35. The number of nitriles is 1. The highest BCUT2D eigenvalue weighted by Gasteiger charge is 2.31. The van der Waals surface area contributed by atoms with Crippen molar-refractivity contribution in [2.75, 3.05) is 13.6 Å². The second kappa shape index (κ2) is 4.90. The molecule has 1 aliphatic carbocycles. The molecule has 0 amide bonds. The van der Waals surface area contributed by atoms with Gasteiger partial charge in [0.1, 0.15) is 17.7 Å². The molecule has 0 aromatic carbocycles. The maximum absolute atomic E-state index is 8.85. The van der Waals surface area contributed by atoms with Crippen LogP contribution in [0.25, 0.3) is 0 Å². The zero-order chi connectivity index (χ0) is 11.4. The number of hydrogen-bond acceptors (Lipinski definition) is 5. The van der Waals surface area contributed by atoms with Gasteiger partial charge in [-0.25, -0.2) is 0 Å². The SMILES string of the molecule is CNCC1CC(Oc2nnccc2C#N)C1. The average molecular weight is 218 g/mol. The molecule has 1 heterocycles. The zero-order valence-corrected chi connectivity index (χ0v) is 9.18. The second-order valence-corrected chi connectivity index (χ2v) is 4.00. The summed E-state index contributed by atoms with van der Waals surface area (Å²) in [6, 6.07) is 3.66. The fourth-order valence-electron chi connectivity index (χ4n) is 1.87. The lowest BCUT2D eigenvalue weighted by Gasteiger charge is -2.34. The summed E-state index contributed by atoms with van der Waals surface area (Å²) in [6.45, 7) is 1.02. The van der Waals surface area contributed by atoms with Crippen LogP contribution in [-0.2, 0) is 0 Å². The van der Waals surface area contributed by atoms with Crippen molar-refractivity contribution in [3.8, 4) is 11.9 Å². The lowest BCUT2D eigenvalue weighted by molar-refractivity contribution is 0.0605. The number of ether oxygens (including phenoxy) is 1. The molecule has 0 saturated heterocycles. The fourth-order valence-corrected chi connectivity index (χ4v) is 1.87. The van der Waals surface area contributed by atoms with Crippen LogP contribution in [0.1, 0.15) is 18.4 Å². The molecule has 1 aromatic heterocycles. The van der Waals surface area contributed by atoms with E-state index >= 15 is 0 Å². The van der Waals surface area contributed by atoms with Crippen molar-refractivity contribution < 1.29 is 4.74 Å². The maximum atomic E-state index is 8.85. The third kappa shape index (κ3) is 2.28. The molecule has 0 bridgehead atoms. The molecule has 16 heavy (non-hydrogen) atoms. The third-order valence-electron chi connectivity index (χ3n) is 2.77. The molecule has 1 fully saturated rings. The molecule has 0 radical (unpaired) electrons. The summed E-state index contributed by atoms with van der Waals surface area (Å²) >= 11 is 0. The summed E-state index contributed by atoms with van der Waals surface area (Å²) < 4.78 is 5.63. The van der Waals surface area contributed by atoms with Gasteiger partial charge in [-0.2, -0.15) is 10.4 Å². The lowest BCUT2D eigenvalue weighted by atomic mass is 9.82. The van der Waals surface area contributed by atoms with E-state index < -0.39 is 0 Å². The van der Waals surface area contributed by atoms with E-state index in [1.54, 1.807) is 6.07 Å². The predicted molar refractivity (Wildman–Crippen MR) is 57.8 cm³/mol. The molecule has 5 heteroatoms. The highest BCUT2D eigenvalue weighted by Crippen LogP contribution is 2.30. The van der Waals surface area contributed by atoms with Crippen LogP contribution in [0.4, 0.5) is 0 Å². The molecule has 0 atom stereocenters. The number of aromatic nitrogens is 2. The first kappa shape index (κ1) is 10.8. The van der Waals surface area contributed by atoms with Crippen LogP contribution in [0.15, 0.2) is 12.3 Å². The topological polar surface area (TPSA) is 70.8 Å². The second-order valence-electron chi connectivity index (χ2n) is 4.00. The molecule has 1 aromatic rings. The van der Waals surface area contributed by atoms with Gasteiger partial charge in [-0.05, 0) is 38.4 Å². The first-order valence-corrected chi connectivity index (χ1v) is 5.36. The predicted octanol–water partition coefficient (Wildman–Crippen LogP) is 0.725. The zero-order valence-electron chi connectivity index (χ0n) is 9.18. The van der Waals surface area contributed by atoms with E-state index in [2.05, 4.69) is 15.5 Å².